The van der Waals surface area contributed by atoms with Crippen molar-refractivity contribution in [1.82, 2.24) is 5.32 Å². The van der Waals surface area contributed by atoms with Crippen molar-refractivity contribution in [1.29, 1.82) is 0 Å². The first-order valence-electron chi connectivity index (χ1n) is 7.51. The summed E-state index contributed by atoms with van der Waals surface area (Å²) in [4.78, 5) is 0. The lowest BCUT2D eigenvalue weighted by Gasteiger charge is -2.44. The Kier molecular flexibility index (Phi) is 4.82. The molecule has 1 aromatic carbocycles. The van der Waals surface area contributed by atoms with Crippen LogP contribution in [-0.4, -0.2) is 19.8 Å². The number of hydrogen-bond donors (Lipinski definition) is 1. The molecule has 0 aromatic heterocycles. The maximum Gasteiger partial charge on any atom is 0.123 e. The number of likely N-dealkylation sites (N-methyl/N-ethyl adjacent to an activating group) is 1. The lowest BCUT2D eigenvalue weighted by Crippen LogP contribution is -2.47. The summed E-state index contributed by atoms with van der Waals surface area (Å²) >= 11 is 0. The fourth-order valence-electron chi connectivity index (χ4n) is 3.53. The Morgan fingerprint density at radius 1 is 1.35 bits per heavy atom. The molecule has 1 fully saturated rings. The molecule has 3 heteroatoms. The molecule has 0 amide bonds. The summed E-state index contributed by atoms with van der Waals surface area (Å²) in [6, 6.07) is 5.15. The molecule has 1 aliphatic carbocycles. The number of ether oxygens (including phenoxy) is 1. The fraction of sp³-hybridized carbons (Fsp3) is 0.647. The normalized spacial score (nSPS) is 28.4. The zero-order valence-corrected chi connectivity index (χ0v) is 13.0. The van der Waals surface area contributed by atoms with E-state index in [1.54, 1.807) is 19.2 Å². The van der Waals surface area contributed by atoms with Gasteiger partial charge in [0, 0.05) is 7.11 Å². The van der Waals surface area contributed by atoms with Crippen molar-refractivity contribution < 1.29 is 9.13 Å². The van der Waals surface area contributed by atoms with E-state index in [9.17, 15) is 4.39 Å². The highest BCUT2D eigenvalue weighted by Gasteiger charge is 2.42. The summed E-state index contributed by atoms with van der Waals surface area (Å²) in [5, 5.41) is 3.41. The van der Waals surface area contributed by atoms with Gasteiger partial charge in [-0.2, -0.15) is 0 Å². The number of aryl methyl sites for hydroxylation is 1. The van der Waals surface area contributed by atoms with E-state index in [1.807, 2.05) is 20.0 Å². The monoisotopic (exact) mass is 279 g/mol. The minimum Gasteiger partial charge on any atom is -0.376 e. The Morgan fingerprint density at radius 3 is 2.50 bits per heavy atom. The average molecular weight is 279 g/mol. The van der Waals surface area contributed by atoms with Crippen LogP contribution in [0.15, 0.2) is 18.2 Å². The van der Waals surface area contributed by atoms with Crippen LogP contribution >= 0.6 is 0 Å². The zero-order chi connectivity index (χ0) is 14.8. The molecule has 1 aliphatic rings. The van der Waals surface area contributed by atoms with Crippen LogP contribution in [0.3, 0.4) is 0 Å². The van der Waals surface area contributed by atoms with Crippen LogP contribution in [0.2, 0.25) is 0 Å². The van der Waals surface area contributed by atoms with Crippen molar-refractivity contribution in [2.75, 3.05) is 14.2 Å². The van der Waals surface area contributed by atoms with E-state index in [-0.39, 0.29) is 17.5 Å². The standard InChI is InChI=1S/C17H26FNO/c1-12-7-9-17(20-4,10-8-12)16(19-3)15-6-5-14(18)11-13(15)2/h5-6,11-12,16,19H,7-10H2,1-4H3. The molecule has 1 N–H and O–H groups in total. The Balaban J connectivity index is 2.34. The van der Waals surface area contributed by atoms with Crippen LogP contribution in [0.25, 0.3) is 0 Å². The Hall–Kier alpha value is -0.930. The predicted molar refractivity (Wildman–Crippen MR) is 80.3 cm³/mol. The number of methoxy groups -OCH3 is 1. The molecule has 1 unspecified atom stereocenters. The Bertz CT molecular complexity index is 452. The molecule has 20 heavy (non-hydrogen) atoms. The lowest BCUT2D eigenvalue weighted by molar-refractivity contribution is -0.0746. The SMILES string of the molecule is CNC(c1ccc(F)cc1C)C1(OC)CCC(C)CC1. The molecule has 2 rings (SSSR count). The first-order chi connectivity index (χ1) is 9.52. The Labute approximate surface area is 121 Å². The van der Waals surface area contributed by atoms with Gasteiger partial charge in [-0.1, -0.05) is 13.0 Å². The van der Waals surface area contributed by atoms with Crippen LogP contribution in [0.4, 0.5) is 4.39 Å². The predicted octanol–water partition coefficient (Wildman–Crippen LogP) is 3.99. The third-order valence-electron chi connectivity index (χ3n) is 4.88. The average Bonchev–Trinajstić information content (AvgIpc) is 2.44. The fourth-order valence-corrected chi connectivity index (χ4v) is 3.53. The summed E-state index contributed by atoms with van der Waals surface area (Å²) in [5.41, 5.74) is 1.95. The second kappa shape index (κ2) is 6.23. The van der Waals surface area contributed by atoms with Gasteiger partial charge in [0.05, 0.1) is 11.6 Å². The van der Waals surface area contributed by atoms with Crippen molar-refractivity contribution in [3.63, 3.8) is 0 Å². The summed E-state index contributed by atoms with van der Waals surface area (Å²) < 4.78 is 19.3. The van der Waals surface area contributed by atoms with Gasteiger partial charge < -0.3 is 10.1 Å². The van der Waals surface area contributed by atoms with Crippen molar-refractivity contribution in [2.24, 2.45) is 5.92 Å². The number of rotatable bonds is 4. The molecule has 0 aliphatic heterocycles. The van der Waals surface area contributed by atoms with Gasteiger partial charge in [0.1, 0.15) is 5.82 Å². The number of nitrogens with one attached hydrogen (secondary N) is 1. The number of hydrogen-bond acceptors (Lipinski definition) is 2. The third kappa shape index (κ3) is 2.89. The van der Waals surface area contributed by atoms with Crippen molar-refractivity contribution in [3.05, 3.63) is 35.1 Å². The highest BCUT2D eigenvalue weighted by atomic mass is 19.1. The first kappa shape index (κ1) is 15.5. The van der Waals surface area contributed by atoms with Crippen LogP contribution in [0, 0.1) is 18.7 Å². The van der Waals surface area contributed by atoms with Crippen LogP contribution in [0.1, 0.15) is 49.8 Å². The van der Waals surface area contributed by atoms with E-state index in [0.29, 0.717) is 0 Å². The molecule has 0 radical (unpaired) electrons. The molecule has 1 aromatic rings. The number of halogens is 1. The molecule has 2 nitrogen and oxygen atoms in total. The van der Waals surface area contributed by atoms with E-state index in [0.717, 1.165) is 29.9 Å². The van der Waals surface area contributed by atoms with Crippen LogP contribution in [-0.2, 0) is 4.74 Å². The second-order valence-electron chi connectivity index (χ2n) is 6.17. The van der Waals surface area contributed by atoms with Gasteiger partial charge in [0.15, 0.2) is 0 Å². The first-order valence-corrected chi connectivity index (χ1v) is 7.51. The maximum atomic E-state index is 13.3. The maximum absolute atomic E-state index is 13.3. The summed E-state index contributed by atoms with van der Waals surface area (Å²) in [5.74, 6) is 0.593. The molecule has 112 valence electrons. The quantitative estimate of drug-likeness (QED) is 0.900. The minimum atomic E-state index is -0.177. The molecular weight excluding hydrogens is 253 g/mol. The van der Waals surface area contributed by atoms with Crippen molar-refractivity contribution in [3.8, 4) is 0 Å². The molecule has 1 saturated carbocycles. The van der Waals surface area contributed by atoms with E-state index in [1.165, 1.54) is 12.8 Å². The van der Waals surface area contributed by atoms with Gasteiger partial charge in [-0.25, -0.2) is 4.39 Å². The largest absolute Gasteiger partial charge is 0.376 e. The number of benzene rings is 1. The lowest BCUT2D eigenvalue weighted by atomic mass is 9.73. The smallest absolute Gasteiger partial charge is 0.123 e. The minimum absolute atomic E-state index is 0.112. The van der Waals surface area contributed by atoms with Gasteiger partial charge in [-0.3, -0.25) is 0 Å². The van der Waals surface area contributed by atoms with Gasteiger partial charge in [0.25, 0.3) is 0 Å². The van der Waals surface area contributed by atoms with Gasteiger partial charge in [-0.15, -0.1) is 0 Å². The summed E-state index contributed by atoms with van der Waals surface area (Å²) in [6.07, 6.45) is 4.47. The summed E-state index contributed by atoms with van der Waals surface area (Å²) in [7, 11) is 3.77. The van der Waals surface area contributed by atoms with Gasteiger partial charge in [0.2, 0.25) is 0 Å². The molecule has 1 atom stereocenters. The van der Waals surface area contributed by atoms with Crippen molar-refractivity contribution >= 4 is 0 Å². The van der Waals surface area contributed by atoms with E-state index in [4.69, 9.17) is 4.74 Å². The van der Waals surface area contributed by atoms with Crippen molar-refractivity contribution in [2.45, 2.75) is 51.2 Å². The summed E-state index contributed by atoms with van der Waals surface area (Å²) in [6.45, 7) is 4.27. The van der Waals surface area contributed by atoms with Gasteiger partial charge >= 0.3 is 0 Å². The third-order valence-corrected chi connectivity index (χ3v) is 4.88. The second-order valence-corrected chi connectivity index (χ2v) is 6.17. The van der Waals surface area contributed by atoms with E-state index < -0.39 is 0 Å². The van der Waals surface area contributed by atoms with Gasteiger partial charge in [-0.05, 0) is 68.8 Å². The molecule has 0 heterocycles. The van der Waals surface area contributed by atoms with Crippen LogP contribution in [0.5, 0.6) is 0 Å². The molecule has 0 spiro atoms. The zero-order valence-electron chi connectivity index (χ0n) is 13.0. The molecule has 0 bridgehead atoms. The van der Waals surface area contributed by atoms with E-state index >= 15 is 0 Å². The molecular formula is C17H26FNO. The highest BCUT2D eigenvalue weighted by Crippen LogP contribution is 2.43. The van der Waals surface area contributed by atoms with Crippen LogP contribution < -0.4 is 5.32 Å². The Morgan fingerprint density at radius 2 is 2.00 bits per heavy atom. The highest BCUT2D eigenvalue weighted by molar-refractivity contribution is 5.32. The molecule has 0 saturated heterocycles. The topological polar surface area (TPSA) is 21.3 Å². The van der Waals surface area contributed by atoms with E-state index in [2.05, 4.69) is 12.2 Å².